The predicted octanol–water partition coefficient (Wildman–Crippen LogP) is 1.47. The number of likely N-dealkylation sites (N-methyl/N-ethyl adjacent to an activating group) is 1. The van der Waals surface area contributed by atoms with E-state index in [2.05, 4.69) is 37.8 Å². The Kier molecular flexibility index (Phi) is 11.5. The van der Waals surface area contributed by atoms with Gasteiger partial charge in [0.25, 0.3) is 0 Å². The summed E-state index contributed by atoms with van der Waals surface area (Å²) in [5.41, 5.74) is -1.47. The average Bonchev–Trinajstić information content (AvgIpc) is 2.59. The van der Waals surface area contributed by atoms with E-state index in [4.69, 9.17) is 25.2 Å². The topological polar surface area (TPSA) is 145 Å². The lowest BCUT2D eigenvalue weighted by atomic mass is 9.96. The van der Waals surface area contributed by atoms with Crippen molar-refractivity contribution < 1.29 is 39.5 Å². The SMILES string of the molecule is CCN(CC)CCOc1ccc(C)cc1.O=C(O)CC(O)(CC(=O)O)C(=O)O. The number of rotatable bonds is 11. The van der Waals surface area contributed by atoms with Crippen molar-refractivity contribution in [3.05, 3.63) is 29.8 Å². The van der Waals surface area contributed by atoms with E-state index < -0.39 is 36.4 Å². The maximum absolute atomic E-state index is 10.3. The largest absolute Gasteiger partial charge is 0.492 e. The molecule has 0 saturated heterocycles. The number of carboxylic acid groups (broad SMARTS) is 3. The molecule has 0 amide bonds. The van der Waals surface area contributed by atoms with E-state index in [0.717, 1.165) is 32.0 Å². The van der Waals surface area contributed by atoms with Crippen molar-refractivity contribution in [2.24, 2.45) is 0 Å². The molecular weight excluding hydrogens is 370 g/mol. The molecule has 0 aliphatic carbocycles. The van der Waals surface area contributed by atoms with Crippen molar-refractivity contribution in [2.45, 2.75) is 39.2 Å². The third-order valence-corrected chi connectivity index (χ3v) is 3.88. The molecule has 1 aromatic rings. The molecule has 0 radical (unpaired) electrons. The fraction of sp³-hybridized carbons (Fsp3) is 0.526. The summed E-state index contributed by atoms with van der Waals surface area (Å²) in [6.07, 6.45) is -2.29. The summed E-state index contributed by atoms with van der Waals surface area (Å²) >= 11 is 0. The summed E-state index contributed by atoms with van der Waals surface area (Å²) in [7, 11) is 0. The second-order valence-electron chi connectivity index (χ2n) is 6.17. The fourth-order valence-electron chi connectivity index (χ4n) is 2.18. The molecule has 9 heteroatoms. The van der Waals surface area contributed by atoms with Crippen LogP contribution in [0.4, 0.5) is 0 Å². The van der Waals surface area contributed by atoms with E-state index >= 15 is 0 Å². The summed E-state index contributed by atoms with van der Waals surface area (Å²) in [4.78, 5) is 32.8. The summed E-state index contributed by atoms with van der Waals surface area (Å²) in [5.74, 6) is -4.05. The zero-order valence-electron chi connectivity index (χ0n) is 16.4. The van der Waals surface area contributed by atoms with Crippen LogP contribution in [0.1, 0.15) is 32.3 Å². The van der Waals surface area contributed by atoms with Crippen molar-refractivity contribution in [1.29, 1.82) is 0 Å². The third kappa shape index (κ3) is 10.5. The number of aryl methyl sites for hydroxylation is 1. The van der Waals surface area contributed by atoms with E-state index in [1.54, 1.807) is 0 Å². The molecule has 28 heavy (non-hydrogen) atoms. The maximum atomic E-state index is 10.3. The van der Waals surface area contributed by atoms with Crippen molar-refractivity contribution in [1.82, 2.24) is 4.90 Å². The van der Waals surface area contributed by atoms with Gasteiger partial charge in [0.1, 0.15) is 12.4 Å². The lowest BCUT2D eigenvalue weighted by Crippen LogP contribution is -2.42. The van der Waals surface area contributed by atoms with Gasteiger partial charge in [-0.15, -0.1) is 0 Å². The number of aliphatic carboxylic acids is 3. The molecule has 4 N–H and O–H groups in total. The molecular formula is C19H29NO8. The zero-order valence-corrected chi connectivity index (χ0v) is 16.4. The van der Waals surface area contributed by atoms with Crippen LogP contribution in [-0.2, 0) is 14.4 Å². The molecule has 0 fully saturated rings. The minimum absolute atomic E-state index is 0.769. The van der Waals surface area contributed by atoms with Crippen LogP contribution in [0.2, 0.25) is 0 Å². The normalized spacial score (nSPS) is 10.8. The molecule has 0 bridgehead atoms. The Morgan fingerprint density at radius 2 is 1.43 bits per heavy atom. The van der Waals surface area contributed by atoms with Gasteiger partial charge in [-0.25, -0.2) is 4.79 Å². The van der Waals surface area contributed by atoms with Crippen LogP contribution in [-0.4, -0.2) is 75.1 Å². The molecule has 0 aliphatic heterocycles. The summed E-state index contributed by atoms with van der Waals surface area (Å²) in [6.45, 7) is 10.4. The molecule has 0 atom stereocenters. The van der Waals surface area contributed by atoms with Crippen molar-refractivity contribution >= 4 is 17.9 Å². The standard InChI is InChI=1S/C13H21NO.C6H8O7/c1-4-14(5-2)10-11-15-13-8-6-12(3)7-9-13;7-3(8)1-6(13,5(11)12)2-4(9)10/h6-9H,4-5,10-11H2,1-3H3;13H,1-2H2,(H,7,8)(H,9,10)(H,11,12). The van der Waals surface area contributed by atoms with Crippen LogP contribution < -0.4 is 4.74 Å². The van der Waals surface area contributed by atoms with E-state index in [-0.39, 0.29) is 0 Å². The van der Waals surface area contributed by atoms with Crippen molar-refractivity contribution in [3.8, 4) is 5.75 Å². The molecule has 0 spiro atoms. The highest BCUT2D eigenvalue weighted by molar-refractivity contribution is 5.88. The van der Waals surface area contributed by atoms with Gasteiger partial charge in [-0.05, 0) is 32.1 Å². The number of nitrogens with zero attached hydrogens (tertiary/aromatic N) is 1. The van der Waals surface area contributed by atoms with Gasteiger partial charge in [-0.3, -0.25) is 9.59 Å². The molecule has 158 valence electrons. The highest BCUT2D eigenvalue weighted by atomic mass is 16.5. The highest BCUT2D eigenvalue weighted by Gasteiger charge is 2.40. The smallest absolute Gasteiger partial charge is 0.336 e. The molecule has 0 saturated carbocycles. The number of carboxylic acids is 3. The molecule has 1 aromatic carbocycles. The average molecular weight is 399 g/mol. The Labute approximate surface area is 164 Å². The quantitative estimate of drug-likeness (QED) is 0.434. The first kappa shape index (κ1) is 25.4. The first-order valence-corrected chi connectivity index (χ1v) is 8.85. The van der Waals surface area contributed by atoms with Gasteiger partial charge in [-0.2, -0.15) is 0 Å². The molecule has 0 heterocycles. The molecule has 0 unspecified atom stereocenters. The minimum Gasteiger partial charge on any atom is -0.492 e. The second-order valence-corrected chi connectivity index (χ2v) is 6.17. The van der Waals surface area contributed by atoms with E-state index in [9.17, 15) is 14.4 Å². The number of aliphatic hydroxyl groups is 1. The van der Waals surface area contributed by atoms with Gasteiger partial charge >= 0.3 is 17.9 Å². The minimum atomic E-state index is -2.74. The summed E-state index contributed by atoms with van der Waals surface area (Å²) in [5, 5.41) is 33.8. The Bertz CT molecular complexity index is 609. The Balaban J connectivity index is 0.000000528. The highest BCUT2D eigenvalue weighted by Crippen LogP contribution is 2.15. The number of benzene rings is 1. The fourth-order valence-corrected chi connectivity index (χ4v) is 2.18. The number of hydrogen-bond acceptors (Lipinski definition) is 6. The van der Waals surface area contributed by atoms with Gasteiger partial charge in [0.15, 0.2) is 5.60 Å². The predicted molar refractivity (Wildman–Crippen MR) is 102 cm³/mol. The molecule has 9 nitrogen and oxygen atoms in total. The van der Waals surface area contributed by atoms with Gasteiger partial charge in [-0.1, -0.05) is 31.5 Å². The van der Waals surface area contributed by atoms with Gasteiger partial charge in [0, 0.05) is 6.54 Å². The van der Waals surface area contributed by atoms with Gasteiger partial charge < -0.3 is 30.1 Å². The lowest BCUT2D eigenvalue weighted by Gasteiger charge is -2.18. The number of ether oxygens (including phenoxy) is 1. The van der Waals surface area contributed by atoms with Gasteiger partial charge in [0.2, 0.25) is 0 Å². The monoisotopic (exact) mass is 399 g/mol. The second kappa shape index (κ2) is 12.7. The van der Waals surface area contributed by atoms with Crippen LogP contribution in [0.5, 0.6) is 5.75 Å². The molecule has 0 aromatic heterocycles. The van der Waals surface area contributed by atoms with Crippen LogP contribution in [0.25, 0.3) is 0 Å². The van der Waals surface area contributed by atoms with Crippen molar-refractivity contribution in [3.63, 3.8) is 0 Å². The van der Waals surface area contributed by atoms with E-state index in [1.807, 2.05) is 12.1 Å². The third-order valence-electron chi connectivity index (χ3n) is 3.88. The Morgan fingerprint density at radius 1 is 0.964 bits per heavy atom. The number of hydrogen-bond donors (Lipinski definition) is 4. The van der Waals surface area contributed by atoms with Crippen LogP contribution in [0.15, 0.2) is 24.3 Å². The first-order valence-electron chi connectivity index (χ1n) is 8.85. The van der Waals surface area contributed by atoms with Crippen LogP contribution in [0.3, 0.4) is 0 Å². The molecule has 0 aliphatic rings. The number of carbonyl (C=O) groups is 3. The van der Waals surface area contributed by atoms with E-state index in [0.29, 0.717) is 0 Å². The summed E-state index contributed by atoms with van der Waals surface area (Å²) in [6, 6.07) is 8.20. The lowest BCUT2D eigenvalue weighted by molar-refractivity contribution is -0.170. The van der Waals surface area contributed by atoms with E-state index in [1.165, 1.54) is 5.56 Å². The Morgan fingerprint density at radius 3 is 1.79 bits per heavy atom. The van der Waals surface area contributed by atoms with Crippen molar-refractivity contribution in [2.75, 3.05) is 26.2 Å². The van der Waals surface area contributed by atoms with Gasteiger partial charge in [0.05, 0.1) is 12.8 Å². The Hall–Kier alpha value is -2.65. The first-order chi connectivity index (χ1) is 13.0. The van der Waals surface area contributed by atoms with Crippen LogP contribution >= 0.6 is 0 Å². The molecule has 1 rings (SSSR count). The maximum Gasteiger partial charge on any atom is 0.336 e. The van der Waals surface area contributed by atoms with Crippen LogP contribution in [0, 0.1) is 6.92 Å². The zero-order chi connectivity index (χ0) is 21.7. The summed E-state index contributed by atoms with van der Waals surface area (Å²) < 4.78 is 5.65.